The van der Waals surface area contributed by atoms with E-state index in [1.165, 1.54) is 23.9 Å². The number of carbonyl (C=O) groups is 1. The number of amides is 1. The Morgan fingerprint density at radius 1 is 1.09 bits per heavy atom. The summed E-state index contributed by atoms with van der Waals surface area (Å²) in [7, 11) is 0. The second-order valence-electron chi connectivity index (χ2n) is 6.82. The molecule has 0 saturated carbocycles. The van der Waals surface area contributed by atoms with Gasteiger partial charge in [0.15, 0.2) is 5.17 Å². The Morgan fingerprint density at radius 3 is 2.59 bits per heavy atom. The number of anilines is 1. The molecule has 2 aliphatic rings. The molecule has 0 atom stereocenters. The third-order valence-corrected chi connectivity index (χ3v) is 7.25. The lowest BCUT2D eigenvalue weighted by atomic mass is 10.3. The molecule has 2 aromatic carbocycles. The van der Waals surface area contributed by atoms with E-state index in [1.807, 2.05) is 37.3 Å². The van der Waals surface area contributed by atoms with Crippen LogP contribution in [-0.4, -0.2) is 34.0 Å². The second-order valence-corrected chi connectivity index (χ2v) is 9.32. The van der Waals surface area contributed by atoms with Gasteiger partial charge in [-0.2, -0.15) is 0 Å². The molecule has 2 aliphatic heterocycles. The maximum Gasteiger partial charge on any atom is 0.271 e. The number of non-ortho nitro benzene ring substituents is 1. The highest BCUT2D eigenvalue weighted by atomic mass is 35.5. The van der Waals surface area contributed by atoms with Crippen LogP contribution in [0, 0.1) is 10.1 Å². The van der Waals surface area contributed by atoms with Gasteiger partial charge in [-0.3, -0.25) is 19.8 Å². The summed E-state index contributed by atoms with van der Waals surface area (Å²) >= 11 is 9.06. The van der Waals surface area contributed by atoms with Crippen LogP contribution in [0.1, 0.15) is 13.8 Å². The number of nitro benzene ring substituents is 1. The number of hydrogen-bond donors (Lipinski definition) is 0. The summed E-state index contributed by atoms with van der Waals surface area (Å²) in [6.07, 6.45) is 3.75. The number of likely N-dealkylation sites (N-methyl/N-ethyl adjacent to an activating group) is 1. The summed E-state index contributed by atoms with van der Waals surface area (Å²) in [4.78, 5) is 33.4. The van der Waals surface area contributed by atoms with Crippen molar-refractivity contribution in [1.82, 2.24) is 4.90 Å². The predicted octanol–water partition coefficient (Wildman–Crippen LogP) is 6.19. The Morgan fingerprint density at radius 2 is 1.88 bits per heavy atom. The summed E-state index contributed by atoms with van der Waals surface area (Å²) in [6, 6.07) is 11.9. The first-order valence-electron chi connectivity index (χ1n) is 9.91. The van der Waals surface area contributed by atoms with Gasteiger partial charge < -0.3 is 4.90 Å². The van der Waals surface area contributed by atoms with Crippen LogP contribution in [0.15, 0.2) is 74.4 Å². The fourth-order valence-electron chi connectivity index (χ4n) is 3.34. The molecule has 0 bridgehead atoms. The topological polar surface area (TPSA) is 79.0 Å². The van der Waals surface area contributed by atoms with Crippen molar-refractivity contribution in [3.05, 3.63) is 79.7 Å². The average Bonchev–Trinajstić information content (AvgIpc) is 3.27. The molecular weight excluding hydrogens is 468 g/mol. The number of aliphatic imine (C=N–C) groups is 1. The van der Waals surface area contributed by atoms with Crippen LogP contribution in [0.2, 0.25) is 5.02 Å². The Kier molecular flexibility index (Phi) is 6.59. The molecule has 32 heavy (non-hydrogen) atoms. The molecule has 1 amide bonds. The number of nitro groups is 1. The van der Waals surface area contributed by atoms with Crippen molar-refractivity contribution in [2.75, 3.05) is 18.0 Å². The van der Waals surface area contributed by atoms with E-state index in [0.717, 1.165) is 22.2 Å². The molecule has 2 aromatic rings. The molecule has 164 valence electrons. The maximum absolute atomic E-state index is 12.9. The molecule has 0 N–H and O–H groups in total. The van der Waals surface area contributed by atoms with Gasteiger partial charge in [-0.05, 0) is 62.0 Å². The highest BCUT2D eigenvalue weighted by molar-refractivity contribution is 8.18. The number of rotatable bonds is 5. The van der Waals surface area contributed by atoms with Crippen LogP contribution in [-0.2, 0) is 4.79 Å². The summed E-state index contributed by atoms with van der Waals surface area (Å²) in [5.74, 6) is -0.134. The minimum Gasteiger partial charge on any atom is -0.335 e. The highest BCUT2D eigenvalue weighted by Gasteiger charge is 2.32. The molecule has 0 spiro atoms. The second kappa shape index (κ2) is 9.40. The summed E-state index contributed by atoms with van der Waals surface area (Å²) in [5.41, 5.74) is 1.45. The molecule has 1 saturated heterocycles. The van der Waals surface area contributed by atoms with Gasteiger partial charge in [0.25, 0.3) is 11.6 Å². The van der Waals surface area contributed by atoms with E-state index in [4.69, 9.17) is 11.6 Å². The van der Waals surface area contributed by atoms with Gasteiger partial charge in [0.2, 0.25) is 0 Å². The Bertz CT molecular complexity index is 1200. The number of thioether (sulfide) groups is 2. The van der Waals surface area contributed by atoms with Gasteiger partial charge in [0, 0.05) is 35.1 Å². The largest absolute Gasteiger partial charge is 0.335 e. The minimum absolute atomic E-state index is 0.0395. The zero-order valence-electron chi connectivity index (χ0n) is 17.3. The third kappa shape index (κ3) is 4.41. The van der Waals surface area contributed by atoms with E-state index in [1.54, 1.807) is 28.8 Å². The molecule has 2 heterocycles. The van der Waals surface area contributed by atoms with Crippen molar-refractivity contribution < 1.29 is 9.72 Å². The normalized spacial score (nSPS) is 19.5. The van der Waals surface area contributed by atoms with Crippen LogP contribution in [0.25, 0.3) is 0 Å². The fraction of sp³-hybridized carbons (Fsp3) is 0.182. The molecule has 0 aromatic heterocycles. The van der Waals surface area contributed by atoms with Crippen LogP contribution in [0.5, 0.6) is 0 Å². The molecule has 1 fully saturated rings. The maximum atomic E-state index is 12.9. The van der Waals surface area contributed by atoms with Crippen LogP contribution >= 0.6 is 35.1 Å². The summed E-state index contributed by atoms with van der Waals surface area (Å²) in [6.45, 7) is 5.16. The van der Waals surface area contributed by atoms with Gasteiger partial charge in [-0.25, -0.2) is 4.99 Å². The Labute approximate surface area is 199 Å². The van der Waals surface area contributed by atoms with E-state index < -0.39 is 4.92 Å². The standard InChI is InChI=1S/C22H19ClN4O3S2/c1-3-25-17-12-14(23)8-9-18(17)31-20(25)11-10-19-21(28)26(4-2)22(32-19)24-15-6-5-7-16(13-15)27(29)30/h5-13H,3-4H2,1-2H3/b19-10-,20-11+,24-22?. The average molecular weight is 487 g/mol. The van der Waals surface area contributed by atoms with Crippen molar-refractivity contribution in [2.45, 2.75) is 18.7 Å². The predicted molar refractivity (Wildman–Crippen MR) is 132 cm³/mol. The molecule has 0 aliphatic carbocycles. The molecule has 7 nitrogen and oxygen atoms in total. The number of benzene rings is 2. The van der Waals surface area contributed by atoms with E-state index in [2.05, 4.69) is 16.8 Å². The van der Waals surface area contributed by atoms with Crippen molar-refractivity contribution in [3.63, 3.8) is 0 Å². The monoisotopic (exact) mass is 486 g/mol. The number of hydrogen-bond acceptors (Lipinski definition) is 7. The molecular formula is C22H19ClN4O3S2. The Hall–Kier alpha value is -2.75. The van der Waals surface area contributed by atoms with E-state index in [9.17, 15) is 14.9 Å². The molecule has 10 heteroatoms. The van der Waals surface area contributed by atoms with Crippen molar-refractivity contribution >= 4 is 63.3 Å². The fourth-order valence-corrected chi connectivity index (χ4v) is 5.62. The van der Waals surface area contributed by atoms with E-state index in [-0.39, 0.29) is 11.6 Å². The number of allylic oxidation sites excluding steroid dienone is 2. The smallest absolute Gasteiger partial charge is 0.271 e. The van der Waals surface area contributed by atoms with Crippen LogP contribution < -0.4 is 4.90 Å². The van der Waals surface area contributed by atoms with Crippen molar-refractivity contribution in [1.29, 1.82) is 0 Å². The van der Waals surface area contributed by atoms with Gasteiger partial charge in [0.05, 0.1) is 26.2 Å². The van der Waals surface area contributed by atoms with Gasteiger partial charge in [-0.15, -0.1) is 0 Å². The zero-order chi connectivity index (χ0) is 22.8. The zero-order valence-corrected chi connectivity index (χ0v) is 19.7. The highest BCUT2D eigenvalue weighted by Crippen LogP contribution is 2.47. The van der Waals surface area contributed by atoms with Gasteiger partial charge in [0.1, 0.15) is 0 Å². The minimum atomic E-state index is -0.463. The SMILES string of the molecule is CCN1C(=O)/C(=C/C=C2/Sc3ccc(Cl)cc3N2CC)SC1=Nc1cccc([N+](=O)[O-])c1. The lowest BCUT2D eigenvalue weighted by molar-refractivity contribution is -0.384. The quantitative estimate of drug-likeness (QED) is 0.285. The first kappa shape index (κ1) is 22.4. The van der Waals surface area contributed by atoms with Crippen molar-refractivity contribution in [3.8, 4) is 0 Å². The Balaban J connectivity index is 1.62. The van der Waals surface area contributed by atoms with E-state index in [0.29, 0.717) is 27.3 Å². The number of nitrogens with zero attached hydrogens (tertiary/aromatic N) is 4. The molecule has 0 radical (unpaired) electrons. The number of amidine groups is 1. The third-order valence-electron chi connectivity index (χ3n) is 4.86. The van der Waals surface area contributed by atoms with Crippen LogP contribution in [0.4, 0.5) is 17.1 Å². The summed E-state index contributed by atoms with van der Waals surface area (Å²) in [5, 5.41) is 13.2. The first-order valence-corrected chi connectivity index (χ1v) is 11.9. The number of carbonyl (C=O) groups excluding carboxylic acids is 1. The first-order chi connectivity index (χ1) is 15.4. The number of fused-ring (bicyclic) bond motifs is 1. The number of halogens is 1. The summed E-state index contributed by atoms with van der Waals surface area (Å²) < 4.78 is 0. The van der Waals surface area contributed by atoms with Crippen LogP contribution in [0.3, 0.4) is 0 Å². The molecule has 4 rings (SSSR count). The van der Waals surface area contributed by atoms with E-state index >= 15 is 0 Å². The van der Waals surface area contributed by atoms with Gasteiger partial charge >= 0.3 is 0 Å². The lowest BCUT2D eigenvalue weighted by Gasteiger charge is -2.17. The van der Waals surface area contributed by atoms with Gasteiger partial charge in [-0.1, -0.05) is 29.4 Å². The van der Waals surface area contributed by atoms with Crippen molar-refractivity contribution in [2.24, 2.45) is 4.99 Å². The lowest BCUT2D eigenvalue weighted by Crippen LogP contribution is -2.28. The molecule has 0 unspecified atom stereocenters.